The number of pyridine rings is 1. The molecule has 126 valence electrons. The van der Waals surface area contributed by atoms with Crippen LogP contribution in [-0.4, -0.2) is 55.1 Å². The highest BCUT2D eigenvalue weighted by atomic mass is 16.2. The summed E-state index contributed by atoms with van der Waals surface area (Å²) in [5.41, 5.74) is 0.932. The molecule has 1 atom stereocenters. The topological polar surface area (TPSA) is 39.7 Å². The fourth-order valence-electron chi connectivity index (χ4n) is 3.09. The zero-order chi connectivity index (χ0) is 16.9. The smallest absolute Gasteiger partial charge is 0.243 e. The summed E-state index contributed by atoms with van der Waals surface area (Å²) in [4.78, 5) is 23.4. The van der Waals surface area contributed by atoms with Gasteiger partial charge in [0.05, 0.1) is 6.04 Å². The molecule has 1 aliphatic rings. The minimum Gasteiger partial charge on any atom is -0.354 e. The summed E-state index contributed by atoms with van der Waals surface area (Å²) in [5.74, 6) is 1.14. The number of hydrogen-bond donors (Lipinski definition) is 0. The molecule has 0 radical (unpaired) electrons. The molecule has 1 aliphatic heterocycles. The number of benzene rings is 1. The number of carbonyl (C=O) groups is 1. The van der Waals surface area contributed by atoms with E-state index < -0.39 is 0 Å². The number of piperazine rings is 1. The maximum Gasteiger partial charge on any atom is 0.243 e. The molecule has 0 bridgehead atoms. The first-order valence-corrected chi connectivity index (χ1v) is 8.39. The van der Waals surface area contributed by atoms with Gasteiger partial charge in [-0.2, -0.15) is 0 Å². The molecule has 24 heavy (non-hydrogen) atoms. The Morgan fingerprint density at radius 3 is 2.33 bits per heavy atom. The molecular formula is C19H24N4O. The molecule has 0 saturated carbocycles. The normalized spacial score (nSPS) is 16.7. The molecule has 1 amide bonds. The van der Waals surface area contributed by atoms with Crippen molar-refractivity contribution in [3.8, 4) is 0 Å². The Morgan fingerprint density at radius 1 is 1.04 bits per heavy atom. The van der Waals surface area contributed by atoms with Crippen LogP contribution in [0.2, 0.25) is 0 Å². The predicted molar refractivity (Wildman–Crippen MR) is 97.3 cm³/mol. The molecule has 2 heterocycles. The van der Waals surface area contributed by atoms with Crippen LogP contribution in [0, 0.1) is 0 Å². The summed E-state index contributed by atoms with van der Waals surface area (Å²) in [5, 5.41) is 0. The van der Waals surface area contributed by atoms with E-state index >= 15 is 0 Å². The quantitative estimate of drug-likeness (QED) is 0.865. The second kappa shape index (κ2) is 7.45. The van der Waals surface area contributed by atoms with Gasteiger partial charge in [-0.1, -0.05) is 24.3 Å². The third-order valence-corrected chi connectivity index (χ3v) is 4.67. The molecule has 1 saturated heterocycles. The summed E-state index contributed by atoms with van der Waals surface area (Å²) in [6, 6.07) is 15.6. The Kier molecular flexibility index (Phi) is 5.11. The number of carbonyl (C=O) groups excluding carboxylic acids is 1. The zero-order valence-corrected chi connectivity index (χ0v) is 14.3. The first-order valence-electron chi connectivity index (χ1n) is 8.39. The lowest BCUT2D eigenvalue weighted by molar-refractivity contribution is -0.123. The standard InChI is InChI=1S/C19H24N4O/c1-16(19(24)21(2)17-8-4-3-5-9-17)22-12-14-23(15-13-22)18-10-6-7-11-20-18/h3-11,16H,12-15H2,1-2H3/t16-/m0/s1. The SMILES string of the molecule is C[C@@H](C(=O)N(C)c1ccccc1)N1CCN(c2ccccn2)CC1. The largest absolute Gasteiger partial charge is 0.354 e. The summed E-state index contributed by atoms with van der Waals surface area (Å²) in [7, 11) is 1.85. The second-order valence-corrected chi connectivity index (χ2v) is 6.12. The molecule has 0 aliphatic carbocycles. The highest BCUT2D eigenvalue weighted by molar-refractivity contribution is 5.96. The lowest BCUT2D eigenvalue weighted by atomic mass is 10.2. The molecule has 0 unspecified atom stereocenters. The number of rotatable bonds is 4. The monoisotopic (exact) mass is 324 g/mol. The Balaban J connectivity index is 1.58. The number of nitrogens with zero attached hydrogens (tertiary/aromatic N) is 4. The summed E-state index contributed by atoms with van der Waals surface area (Å²) < 4.78 is 0. The minimum atomic E-state index is -0.124. The van der Waals surface area contributed by atoms with Crippen molar-refractivity contribution in [2.75, 3.05) is 43.0 Å². The van der Waals surface area contributed by atoms with Crippen molar-refractivity contribution in [3.05, 3.63) is 54.7 Å². The summed E-state index contributed by atoms with van der Waals surface area (Å²) in [6.45, 7) is 5.52. The molecule has 3 rings (SSSR count). The highest BCUT2D eigenvalue weighted by Crippen LogP contribution is 2.17. The number of anilines is 2. The van der Waals surface area contributed by atoms with Gasteiger partial charge in [-0.05, 0) is 31.2 Å². The molecule has 5 heteroatoms. The van der Waals surface area contributed by atoms with Crippen molar-refractivity contribution in [3.63, 3.8) is 0 Å². The van der Waals surface area contributed by atoms with E-state index in [0.717, 1.165) is 37.7 Å². The molecule has 1 aromatic heterocycles. The first kappa shape index (κ1) is 16.5. The van der Waals surface area contributed by atoms with Gasteiger partial charge in [0.25, 0.3) is 0 Å². The van der Waals surface area contributed by atoms with E-state index in [1.54, 1.807) is 4.90 Å². The average Bonchev–Trinajstić information content (AvgIpc) is 2.68. The number of para-hydroxylation sites is 1. The van der Waals surface area contributed by atoms with Crippen LogP contribution in [0.1, 0.15) is 6.92 Å². The molecule has 1 aromatic carbocycles. The molecular weight excluding hydrogens is 300 g/mol. The van der Waals surface area contributed by atoms with Crippen molar-refractivity contribution in [1.82, 2.24) is 9.88 Å². The number of likely N-dealkylation sites (N-methyl/N-ethyl adjacent to an activating group) is 1. The third-order valence-electron chi connectivity index (χ3n) is 4.67. The summed E-state index contributed by atoms with van der Waals surface area (Å²) in [6.07, 6.45) is 1.82. The Labute approximate surface area is 143 Å². The van der Waals surface area contributed by atoms with E-state index in [1.165, 1.54) is 0 Å². The van der Waals surface area contributed by atoms with Crippen molar-refractivity contribution in [2.24, 2.45) is 0 Å². The van der Waals surface area contributed by atoms with E-state index in [1.807, 2.05) is 68.7 Å². The van der Waals surface area contributed by atoms with Crippen molar-refractivity contribution >= 4 is 17.4 Å². The molecule has 5 nitrogen and oxygen atoms in total. The Bertz CT molecular complexity index is 654. The maximum absolute atomic E-state index is 12.8. The van der Waals surface area contributed by atoms with Gasteiger partial charge >= 0.3 is 0 Å². The lowest BCUT2D eigenvalue weighted by Crippen LogP contribution is -2.54. The predicted octanol–water partition coefficient (Wildman–Crippen LogP) is 2.26. The van der Waals surface area contributed by atoms with Gasteiger partial charge in [0.1, 0.15) is 5.82 Å². The van der Waals surface area contributed by atoms with E-state index in [-0.39, 0.29) is 11.9 Å². The van der Waals surface area contributed by atoms with E-state index in [2.05, 4.69) is 14.8 Å². The van der Waals surface area contributed by atoms with Gasteiger partial charge in [-0.15, -0.1) is 0 Å². The molecule has 1 fully saturated rings. The molecule has 2 aromatic rings. The van der Waals surface area contributed by atoms with Gasteiger partial charge in [-0.25, -0.2) is 4.98 Å². The molecule has 0 spiro atoms. The average molecular weight is 324 g/mol. The van der Waals surface area contributed by atoms with Gasteiger partial charge in [0, 0.05) is 45.1 Å². The van der Waals surface area contributed by atoms with Crippen LogP contribution in [0.5, 0.6) is 0 Å². The van der Waals surface area contributed by atoms with Crippen LogP contribution >= 0.6 is 0 Å². The lowest BCUT2D eigenvalue weighted by Gasteiger charge is -2.38. The number of amides is 1. The maximum atomic E-state index is 12.8. The fraction of sp³-hybridized carbons (Fsp3) is 0.368. The molecule has 0 N–H and O–H groups in total. The zero-order valence-electron chi connectivity index (χ0n) is 14.3. The van der Waals surface area contributed by atoms with Gasteiger partial charge < -0.3 is 9.80 Å². The van der Waals surface area contributed by atoms with Crippen LogP contribution in [0.15, 0.2) is 54.7 Å². The van der Waals surface area contributed by atoms with Gasteiger partial charge in [0.2, 0.25) is 5.91 Å². The van der Waals surface area contributed by atoms with E-state index in [0.29, 0.717) is 0 Å². The van der Waals surface area contributed by atoms with E-state index in [4.69, 9.17) is 0 Å². The van der Waals surface area contributed by atoms with Gasteiger partial charge in [-0.3, -0.25) is 9.69 Å². The van der Waals surface area contributed by atoms with E-state index in [9.17, 15) is 4.79 Å². The van der Waals surface area contributed by atoms with Crippen LogP contribution in [0.25, 0.3) is 0 Å². The third kappa shape index (κ3) is 3.57. The van der Waals surface area contributed by atoms with Crippen molar-refractivity contribution < 1.29 is 4.79 Å². The van der Waals surface area contributed by atoms with Crippen LogP contribution < -0.4 is 9.80 Å². The number of aromatic nitrogens is 1. The fourth-order valence-corrected chi connectivity index (χ4v) is 3.09. The number of hydrogen-bond acceptors (Lipinski definition) is 4. The van der Waals surface area contributed by atoms with Crippen LogP contribution in [0.3, 0.4) is 0 Å². The Morgan fingerprint density at radius 2 is 1.71 bits per heavy atom. The van der Waals surface area contributed by atoms with Crippen LogP contribution in [-0.2, 0) is 4.79 Å². The highest BCUT2D eigenvalue weighted by Gasteiger charge is 2.28. The Hall–Kier alpha value is -2.40. The summed E-state index contributed by atoms with van der Waals surface area (Å²) >= 11 is 0. The van der Waals surface area contributed by atoms with Crippen molar-refractivity contribution in [1.29, 1.82) is 0 Å². The minimum absolute atomic E-state index is 0.124. The van der Waals surface area contributed by atoms with Gasteiger partial charge in [0.15, 0.2) is 0 Å². The van der Waals surface area contributed by atoms with Crippen LogP contribution in [0.4, 0.5) is 11.5 Å². The van der Waals surface area contributed by atoms with Crippen molar-refractivity contribution in [2.45, 2.75) is 13.0 Å². The first-order chi connectivity index (χ1) is 11.7. The second-order valence-electron chi connectivity index (χ2n) is 6.12.